The van der Waals surface area contributed by atoms with Crippen LogP contribution in [0.4, 0.5) is 0 Å². The molecule has 0 aliphatic rings. The van der Waals surface area contributed by atoms with Crippen molar-refractivity contribution >= 4 is 24.0 Å². The molecular formula is C8H11Cl2NO. The minimum Gasteiger partial charge on any atom is -0.478 e. The number of hydrogen-bond acceptors (Lipinski definition) is 2. The first-order valence-electron chi connectivity index (χ1n) is 3.51. The number of nitrogens with zero attached hydrogens (tertiary/aromatic N) is 1. The smallest absolute Gasteiger partial charge is 0.213 e. The van der Waals surface area contributed by atoms with Gasteiger partial charge in [0.1, 0.15) is 0 Å². The Morgan fingerprint density at radius 1 is 1.50 bits per heavy atom. The summed E-state index contributed by atoms with van der Waals surface area (Å²) in [4.78, 5) is 4.13. The molecule has 0 aliphatic heterocycles. The number of halogens is 2. The lowest BCUT2D eigenvalue weighted by Crippen LogP contribution is -1.95. The molecule has 0 saturated heterocycles. The minimum atomic E-state index is 0. The van der Waals surface area contributed by atoms with Crippen LogP contribution in [0, 0.1) is 0 Å². The number of alkyl halides is 1. The molecule has 0 radical (unpaired) electrons. The number of rotatable bonds is 3. The monoisotopic (exact) mass is 207 g/mol. The average molecular weight is 208 g/mol. The van der Waals surface area contributed by atoms with Crippen molar-refractivity contribution in [2.24, 2.45) is 0 Å². The summed E-state index contributed by atoms with van der Waals surface area (Å²) in [7, 11) is 0. The molecule has 4 heteroatoms. The first kappa shape index (κ1) is 11.5. The Kier molecular flexibility index (Phi) is 5.85. The van der Waals surface area contributed by atoms with Gasteiger partial charge >= 0.3 is 0 Å². The van der Waals surface area contributed by atoms with E-state index >= 15 is 0 Å². The topological polar surface area (TPSA) is 22.1 Å². The van der Waals surface area contributed by atoms with Crippen LogP contribution in [0.2, 0.25) is 0 Å². The van der Waals surface area contributed by atoms with Gasteiger partial charge in [-0.25, -0.2) is 4.98 Å². The van der Waals surface area contributed by atoms with Gasteiger partial charge in [-0.3, -0.25) is 0 Å². The highest BCUT2D eigenvalue weighted by Gasteiger charge is 1.94. The molecule has 0 spiro atoms. The highest BCUT2D eigenvalue weighted by Crippen LogP contribution is 2.08. The summed E-state index contributed by atoms with van der Waals surface area (Å²) >= 11 is 5.58. The number of aromatic nitrogens is 1. The molecular weight excluding hydrogens is 197 g/mol. The number of ether oxygens (including phenoxy) is 1. The van der Waals surface area contributed by atoms with Gasteiger partial charge in [0.05, 0.1) is 18.2 Å². The van der Waals surface area contributed by atoms with Gasteiger partial charge in [0.2, 0.25) is 5.88 Å². The fourth-order valence-electron chi connectivity index (χ4n) is 0.760. The predicted molar refractivity (Wildman–Crippen MR) is 52.2 cm³/mol. The second kappa shape index (κ2) is 6.09. The van der Waals surface area contributed by atoms with Gasteiger partial charge in [-0.1, -0.05) is 6.07 Å². The summed E-state index contributed by atoms with van der Waals surface area (Å²) in [6.07, 6.45) is 0. The molecule has 1 heterocycles. The lowest BCUT2D eigenvalue weighted by atomic mass is 10.4. The fraction of sp³-hybridized carbons (Fsp3) is 0.375. The predicted octanol–water partition coefficient (Wildman–Crippen LogP) is 2.64. The molecule has 0 aromatic carbocycles. The molecule has 0 unspecified atom stereocenters. The van der Waals surface area contributed by atoms with Gasteiger partial charge in [-0.15, -0.1) is 24.0 Å². The van der Waals surface area contributed by atoms with Crippen LogP contribution in [-0.4, -0.2) is 11.6 Å². The van der Waals surface area contributed by atoms with Crippen LogP contribution in [-0.2, 0) is 5.88 Å². The van der Waals surface area contributed by atoms with Crippen molar-refractivity contribution in [2.75, 3.05) is 6.61 Å². The first-order chi connectivity index (χ1) is 5.36. The van der Waals surface area contributed by atoms with Gasteiger partial charge in [0.15, 0.2) is 0 Å². The molecule has 0 aliphatic carbocycles. The molecule has 1 aromatic rings. The summed E-state index contributed by atoms with van der Waals surface area (Å²) in [5, 5.41) is 0. The van der Waals surface area contributed by atoms with Gasteiger partial charge in [-0.2, -0.15) is 0 Å². The highest BCUT2D eigenvalue weighted by molar-refractivity contribution is 6.16. The Bertz CT molecular complexity index is 230. The van der Waals surface area contributed by atoms with Crippen LogP contribution in [0.5, 0.6) is 5.88 Å². The van der Waals surface area contributed by atoms with Crippen molar-refractivity contribution in [2.45, 2.75) is 12.8 Å². The van der Waals surface area contributed by atoms with Crippen molar-refractivity contribution < 1.29 is 4.74 Å². The third kappa shape index (κ3) is 3.28. The minimum absolute atomic E-state index is 0. The van der Waals surface area contributed by atoms with Crippen LogP contribution < -0.4 is 4.74 Å². The number of pyridine rings is 1. The van der Waals surface area contributed by atoms with E-state index in [2.05, 4.69) is 4.98 Å². The molecule has 0 amide bonds. The molecule has 1 aromatic heterocycles. The fourth-order valence-corrected chi connectivity index (χ4v) is 0.909. The van der Waals surface area contributed by atoms with E-state index < -0.39 is 0 Å². The van der Waals surface area contributed by atoms with E-state index in [1.165, 1.54) is 0 Å². The SMILES string of the molecule is CCOc1cccc(CCl)n1.Cl. The van der Waals surface area contributed by atoms with Crippen LogP contribution in [0.3, 0.4) is 0 Å². The molecule has 0 bridgehead atoms. The summed E-state index contributed by atoms with van der Waals surface area (Å²) < 4.78 is 5.18. The van der Waals surface area contributed by atoms with E-state index in [9.17, 15) is 0 Å². The van der Waals surface area contributed by atoms with E-state index in [0.717, 1.165) is 5.69 Å². The molecule has 0 atom stereocenters. The molecule has 12 heavy (non-hydrogen) atoms. The lowest BCUT2D eigenvalue weighted by Gasteiger charge is -2.01. The summed E-state index contributed by atoms with van der Waals surface area (Å²) in [5.41, 5.74) is 0.845. The number of hydrogen-bond donors (Lipinski definition) is 0. The van der Waals surface area contributed by atoms with E-state index in [1.54, 1.807) is 0 Å². The largest absolute Gasteiger partial charge is 0.478 e. The van der Waals surface area contributed by atoms with Crippen LogP contribution in [0.15, 0.2) is 18.2 Å². The molecule has 0 N–H and O–H groups in total. The maximum atomic E-state index is 5.58. The van der Waals surface area contributed by atoms with E-state index in [1.807, 2.05) is 25.1 Å². The Morgan fingerprint density at radius 2 is 2.25 bits per heavy atom. The normalized spacial score (nSPS) is 8.83. The maximum Gasteiger partial charge on any atom is 0.213 e. The molecule has 1 rings (SSSR count). The van der Waals surface area contributed by atoms with Gasteiger partial charge < -0.3 is 4.74 Å². The zero-order chi connectivity index (χ0) is 8.10. The van der Waals surface area contributed by atoms with Crippen molar-refractivity contribution in [3.8, 4) is 5.88 Å². The quantitative estimate of drug-likeness (QED) is 0.712. The van der Waals surface area contributed by atoms with Crippen molar-refractivity contribution in [1.82, 2.24) is 4.98 Å². The van der Waals surface area contributed by atoms with E-state index in [4.69, 9.17) is 16.3 Å². The van der Waals surface area contributed by atoms with Crippen molar-refractivity contribution in [3.05, 3.63) is 23.9 Å². The van der Waals surface area contributed by atoms with E-state index in [-0.39, 0.29) is 12.4 Å². The molecule has 68 valence electrons. The zero-order valence-corrected chi connectivity index (χ0v) is 8.36. The van der Waals surface area contributed by atoms with Crippen LogP contribution in [0.1, 0.15) is 12.6 Å². The Balaban J connectivity index is 0.00000121. The summed E-state index contributed by atoms with van der Waals surface area (Å²) in [6, 6.07) is 5.57. The lowest BCUT2D eigenvalue weighted by molar-refractivity contribution is 0.326. The van der Waals surface area contributed by atoms with Crippen molar-refractivity contribution in [3.63, 3.8) is 0 Å². The first-order valence-corrected chi connectivity index (χ1v) is 4.05. The second-order valence-electron chi connectivity index (χ2n) is 2.03. The Hall–Kier alpha value is -0.470. The third-order valence-electron chi connectivity index (χ3n) is 1.21. The summed E-state index contributed by atoms with van der Waals surface area (Å²) in [5.74, 6) is 1.08. The van der Waals surface area contributed by atoms with Gasteiger partial charge in [0.25, 0.3) is 0 Å². The maximum absolute atomic E-state index is 5.58. The molecule has 0 saturated carbocycles. The average Bonchev–Trinajstić information content (AvgIpc) is 2.06. The van der Waals surface area contributed by atoms with Crippen molar-refractivity contribution in [1.29, 1.82) is 0 Å². The third-order valence-corrected chi connectivity index (χ3v) is 1.48. The van der Waals surface area contributed by atoms with Gasteiger partial charge in [-0.05, 0) is 13.0 Å². The zero-order valence-electron chi connectivity index (χ0n) is 6.79. The van der Waals surface area contributed by atoms with Gasteiger partial charge in [0, 0.05) is 6.07 Å². The van der Waals surface area contributed by atoms with E-state index in [0.29, 0.717) is 18.4 Å². The summed E-state index contributed by atoms with van der Waals surface area (Å²) in [6.45, 7) is 2.56. The molecule has 0 fully saturated rings. The van der Waals surface area contributed by atoms with Crippen LogP contribution >= 0.6 is 24.0 Å². The Labute approximate surface area is 83.3 Å². The highest BCUT2D eigenvalue weighted by atomic mass is 35.5. The standard InChI is InChI=1S/C8H10ClNO.ClH/c1-2-11-8-5-3-4-7(6-9)10-8;/h3-5H,2,6H2,1H3;1H. The van der Waals surface area contributed by atoms with Crippen LogP contribution in [0.25, 0.3) is 0 Å². The second-order valence-corrected chi connectivity index (χ2v) is 2.30. The molecule has 2 nitrogen and oxygen atoms in total. The Morgan fingerprint density at radius 3 is 2.83 bits per heavy atom.